The molecule has 0 bridgehead atoms. The summed E-state index contributed by atoms with van der Waals surface area (Å²) in [6.07, 6.45) is 1.04. The fourth-order valence-corrected chi connectivity index (χ4v) is 2.24. The lowest BCUT2D eigenvalue weighted by Crippen LogP contribution is -2.32. The molecule has 0 amide bonds. The molecule has 0 aliphatic carbocycles. The Bertz CT molecular complexity index is 403. The van der Waals surface area contributed by atoms with Crippen LogP contribution in [0.1, 0.15) is 23.9 Å². The number of ketones is 1. The number of β-amino-alcohol motifs (C(OH)–C–C–N with tert-alkyl or cyclic N) is 1. The summed E-state index contributed by atoms with van der Waals surface area (Å²) in [4.78, 5) is 15.6. The van der Waals surface area contributed by atoms with Gasteiger partial charge < -0.3 is 14.4 Å². The average molecular weight is 252 g/mol. The Morgan fingerprint density at radius 1 is 1.33 bits per heavy atom. The highest BCUT2D eigenvalue weighted by Crippen LogP contribution is 2.20. The molecular formula is C13H20N2O3. The van der Waals surface area contributed by atoms with Crippen molar-refractivity contribution in [2.75, 3.05) is 44.2 Å². The van der Waals surface area contributed by atoms with Gasteiger partial charge in [0.2, 0.25) is 0 Å². The lowest BCUT2D eigenvalue weighted by Gasteiger charge is -2.20. The van der Waals surface area contributed by atoms with Gasteiger partial charge in [0.25, 0.3) is 0 Å². The Balaban J connectivity index is 1.98. The number of aliphatic hydroxyl groups excluding tert-OH is 1. The molecule has 18 heavy (non-hydrogen) atoms. The smallest absolute Gasteiger partial charge is 0.196 e. The highest BCUT2D eigenvalue weighted by molar-refractivity contribution is 5.91. The molecule has 2 rings (SSSR count). The molecule has 2 heterocycles. The molecule has 0 unspecified atom stereocenters. The predicted octanol–water partition coefficient (Wildman–Crippen LogP) is 0.987. The van der Waals surface area contributed by atoms with E-state index in [1.807, 2.05) is 6.07 Å². The predicted molar refractivity (Wildman–Crippen MR) is 69.1 cm³/mol. The van der Waals surface area contributed by atoms with Crippen molar-refractivity contribution in [2.24, 2.45) is 0 Å². The topological polar surface area (TPSA) is 56.9 Å². The number of carbonyl (C=O) groups excluding carboxylic acids is 1. The van der Waals surface area contributed by atoms with Crippen LogP contribution in [-0.4, -0.2) is 55.1 Å². The first-order chi connectivity index (χ1) is 8.70. The monoisotopic (exact) mass is 252 g/mol. The molecule has 0 spiro atoms. The fourth-order valence-electron chi connectivity index (χ4n) is 2.24. The van der Waals surface area contributed by atoms with Crippen LogP contribution in [0.5, 0.6) is 0 Å². The van der Waals surface area contributed by atoms with Crippen molar-refractivity contribution >= 4 is 11.7 Å². The van der Waals surface area contributed by atoms with E-state index >= 15 is 0 Å². The first kappa shape index (κ1) is 13.1. The van der Waals surface area contributed by atoms with Gasteiger partial charge in [-0.25, -0.2) is 0 Å². The molecule has 1 aliphatic heterocycles. The number of hydrogen-bond acceptors (Lipinski definition) is 5. The van der Waals surface area contributed by atoms with Gasteiger partial charge in [0, 0.05) is 39.2 Å². The van der Waals surface area contributed by atoms with Crippen LogP contribution in [0, 0.1) is 0 Å². The van der Waals surface area contributed by atoms with Gasteiger partial charge in [-0.2, -0.15) is 0 Å². The molecule has 0 radical (unpaired) electrons. The highest BCUT2D eigenvalue weighted by Gasteiger charge is 2.17. The summed E-state index contributed by atoms with van der Waals surface area (Å²) in [5.41, 5.74) is 0. The molecule has 5 nitrogen and oxygen atoms in total. The minimum absolute atomic E-state index is 0.0435. The maximum absolute atomic E-state index is 11.2. The maximum atomic E-state index is 11.2. The van der Waals surface area contributed by atoms with Gasteiger partial charge in [0.1, 0.15) is 0 Å². The van der Waals surface area contributed by atoms with Gasteiger partial charge in [-0.1, -0.05) is 0 Å². The van der Waals surface area contributed by atoms with Crippen LogP contribution < -0.4 is 4.90 Å². The Kier molecular flexibility index (Phi) is 4.38. The molecule has 1 fully saturated rings. The third-order valence-electron chi connectivity index (χ3n) is 3.26. The third kappa shape index (κ3) is 3.11. The van der Waals surface area contributed by atoms with E-state index in [1.54, 1.807) is 6.07 Å². The lowest BCUT2D eigenvalue weighted by atomic mass is 10.3. The van der Waals surface area contributed by atoms with E-state index in [0.717, 1.165) is 45.0 Å². The quantitative estimate of drug-likeness (QED) is 0.810. The van der Waals surface area contributed by atoms with Crippen LogP contribution in [-0.2, 0) is 0 Å². The van der Waals surface area contributed by atoms with Crippen molar-refractivity contribution in [1.82, 2.24) is 4.90 Å². The number of nitrogens with zero attached hydrogens (tertiary/aromatic N) is 2. The second-order valence-corrected chi connectivity index (χ2v) is 4.60. The van der Waals surface area contributed by atoms with E-state index < -0.39 is 0 Å². The number of hydrogen-bond donors (Lipinski definition) is 1. The maximum Gasteiger partial charge on any atom is 0.196 e. The van der Waals surface area contributed by atoms with Crippen molar-refractivity contribution in [2.45, 2.75) is 13.3 Å². The van der Waals surface area contributed by atoms with Gasteiger partial charge in [0.05, 0.1) is 6.61 Å². The van der Waals surface area contributed by atoms with E-state index in [0.29, 0.717) is 5.76 Å². The number of furan rings is 1. The summed E-state index contributed by atoms with van der Waals surface area (Å²) < 4.78 is 5.54. The van der Waals surface area contributed by atoms with Crippen molar-refractivity contribution in [3.63, 3.8) is 0 Å². The Morgan fingerprint density at radius 2 is 2.17 bits per heavy atom. The van der Waals surface area contributed by atoms with E-state index in [1.165, 1.54) is 6.92 Å². The SMILES string of the molecule is CC(=O)c1ccc(N2CCCN(CCO)CC2)o1. The van der Waals surface area contributed by atoms with Crippen molar-refractivity contribution in [3.05, 3.63) is 17.9 Å². The number of Topliss-reactive ketones (excluding diaryl/α,β-unsaturated/α-hetero) is 1. The highest BCUT2D eigenvalue weighted by atomic mass is 16.4. The molecule has 1 aliphatic rings. The molecule has 0 atom stereocenters. The molecule has 1 N–H and O–H groups in total. The standard InChI is InChI=1S/C13H20N2O3/c1-11(17)12-3-4-13(18-12)15-6-2-5-14(7-8-15)9-10-16/h3-4,16H,2,5-10H2,1H3. The summed E-state index contributed by atoms with van der Waals surface area (Å²) in [6, 6.07) is 3.59. The summed E-state index contributed by atoms with van der Waals surface area (Å²) in [5.74, 6) is 1.14. The largest absolute Gasteiger partial charge is 0.437 e. The summed E-state index contributed by atoms with van der Waals surface area (Å²) in [5, 5.41) is 8.95. The van der Waals surface area contributed by atoms with E-state index in [9.17, 15) is 4.79 Å². The summed E-state index contributed by atoms with van der Waals surface area (Å²) in [7, 11) is 0. The van der Waals surface area contributed by atoms with E-state index in [-0.39, 0.29) is 12.4 Å². The Hall–Kier alpha value is -1.33. The van der Waals surface area contributed by atoms with Crippen LogP contribution in [0.2, 0.25) is 0 Å². The second-order valence-electron chi connectivity index (χ2n) is 4.60. The van der Waals surface area contributed by atoms with Crippen molar-refractivity contribution in [1.29, 1.82) is 0 Å². The van der Waals surface area contributed by atoms with E-state index in [4.69, 9.17) is 9.52 Å². The normalized spacial score (nSPS) is 17.8. The summed E-state index contributed by atoms with van der Waals surface area (Å²) >= 11 is 0. The second kappa shape index (κ2) is 6.02. The molecular weight excluding hydrogens is 232 g/mol. The van der Waals surface area contributed by atoms with Crippen molar-refractivity contribution in [3.8, 4) is 0 Å². The van der Waals surface area contributed by atoms with Crippen LogP contribution in [0.3, 0.4) is 0 Å². The molecule has 1 aromatic rings. The van der Waals surface area contributed by atoms with Crippen LogP contribution >= 0.6 is 0 Å². The Labute approximate surface area is 107 Å². The minimum atomic E-state index is -0.0435. The molecule has 0 aromatic carbocycles. The number of aliphatic hydroxyl groups is 1. The zero-order chi connectivity index (χ0) is 13.0. The third-order valence-corrected chi connectivity index (χ3v) is 3.26. The van der Waals surface area contributed by atoms with Crippen LogP contribution in [0.25, 0.3) is 0 Å². The molecule has 5 heteroatoms. The van der Waals surface area contributed by atoms with Gasteiger partial charge in [-0.05, 0) is 19.0 Å². The first-order valence-corrected chi connectivity index (χ1v) is 6.39. The first-order valence-electron chi connectivity index (χ1n) is 6.39. The molecule has 1 aromatic heterocycles. The molecule has 100 valence electrons. The number of rotatable bonds is 4. The fraction of sp³-hybridized carbons (Fsp3) is 0.615. The lowest BCUT2D eigenvalue weighted by molar-refractivity contribution is 0.0987. The number of carbonyl (C=O) groups is 1. The van der Waals surface area contributed by atoms with Gasteiger partial charge >= 0.3 is 0 Å². The zero-order valence-corrected chi connectivity index (χ0v) is 10.8. The van der Waals surface area contributed by atoms with Crippen LogP contribution in [0.4, 0.5) is 5.88 Å². The number of anilines is 1. The summed E-state index contributed by atoms with van der Waals surface area (Å²) in [6.45, 7) is 6.14. The molecule has 0 saturated carbocycles. The van der Waals surface area contributed by atoms with Crippen LogP contribution in [0.15, 0.2) is 16.5 Å². The van der Waals surface area contributed by atoms with Gasteiger partial charge in [0.15, 0.2) is 17.4 Å². The van der Waals surface area contributed by atoms with Gasteiger partial charge in [-0.3, -0.25) is 9.69 Å². The van der Waals surface area contributed by atoms with Gasteiger partial charge in [-0.15, -0.1) is 0 Å². The minimum Gasteiger partial charge on any atom is -0.437 e. The zero-order valence-electron chi connectivity index (χ0n) is 10.8. The van der Waals surface area contributed by atoms with E-state index in [2.05, 4.69) is 9.80 Å². The molecule has 1 saturated heterocycles. The average Bonchev–Trinajstić information content (AvgIpc) is 2.72. The Morgan fingerprint density at radius 3 is 2.83 bits per heavy atom. The van der Waals surface area contributed by atoms with Crippen molar-refractivity contribution < 1.29 is 14.3 Å².